The molecule has 0 radical (unpaired) electrons. The summed E-state index contributed by atoms with van der Waals surface area (Å²) in [7, 11) is 0. The van der Waals surface area contributed by atoms with Crippen molar-refractivity contribution in [3.8, 4) is 0 Å². The van der Waals surface area contributed by atoms with Gasteiger partial charge < -0.3 is 54.7 Å². The van der Waals surface area contributed by atoms with E-state index in [9.17, 15) is 35.7 Å². The van der Waals surface area contributed by atoms with Crippen molar-refractivity contribution < 1.29 is 54.7 Å². The fourth-order valence-electron chi connectivity index (χ4n) is 2.93. The predicted molar refractivity (Wildman–Crippen MR) is 82.6 cm³/mol. The third-order valence-electron chi connectivity index (χ3n) is 4.45. The van der Waals surface area contributed by atoms with E-state index in [1.807, 2.05) is 6.92 Å². The Morgan fingerprint density at radius 1 is 0.731 bits per heavy atom. The lowest BCUT2D eigenvalue weighted by molar-refractivity contribution is -0.359. The van der Waals surface area contributed by atoms with Crippen LogP contribution in [0.4, 0.5) is 0 Å². The van der Waals surface area contributed by atoms with Crippen molar-refractivity contribution in [3.63, 3.8) is 0 Å². The second-order valence-electron chi connectivity index (χ2n) is 6.38. The van der Waals surface area contributed by atoms with Crippen LogP contribution in [0.3, 0.4) is 0 Å². The SMILES string of the molecule is CCCOC1O[C@H](CO)[C@@H](O[C@@H]2O[C@H](CO)[C@@H](O)[C@H](O)[C@H]2O)[C@H](O)[C@H]1O. The average molecular weight is 384 g/mol. The molecule has 2 aliphatic heterocycles. The molecule has 1 unspecified atom stereocenters. The average Bonchev–Trinajstić information content (AvgIpc) is 2.64. The minimum atomic E-state index is -1.69. The van der Waals surface area contributed by atoms with Crippen LogP contribution in [0.1, 0.15) is 13.3 Å². The van der Waals surface area contributed by atoms with E-state index < -0.39 is 74.6 Å². The molecule has 7 N–H and O–H groups in total. The van der Waals surface area contributed by atoms with Gasteiger partial charge in [0.15, 0.2) is 12.6 Å². The first-order valence-corrected chi connectivity index (χ1v) is 8.55. The van der Waals surface area contributed by atoms with Gasteiger partial charge in [0.2, 0.25) is 0 Å². The van der Waals surface area contributed by atoms with E-state index in [4.69, 9.17) is 18.9 Å². The molecule has 2 fully saturated rings. The number of aliphatic hydroxyl groups excluding tert-OH is 7. The summed E-state index contributed by atoms with van der Waals surface area (Å²) in [5, 5.41) is 68.7. The highest BCUT2D eigenvalue weighted by Crippen LogP contribution is 2.29. The van der Waals surface area contributed by atoms with Crippen LogP contribution in [0.5, 0.6) is 0 Å². The molecule has 2 saturated heterocycles. The Bertz CT molecular complexity index is 420. The summed E-state index contributed by atoms with van der Waals surface area (Å²) in [6.45, 7) is 0.885. The van der Waals surface area contributed by atoms with Crippen LogP contribution in [0, 0.1) is 0 Å². The van der Waals surface area contributed by atoms with Crippen molar-refractivity contribution >= 4 is 0 Å². The van der Waals surface area contributed by atoms with Crippen LogP contribution in [0.15, 0.2) is 0 Å². The highest BCUT2D eigenvalue weighted by atomic mass is 16.7. The monoisotopic (exact) mass is 384 g/mol. The molecule has 0 amide bonds. The summed E-state index contributed by atoms with van der Waals surface area (Å²) in [6.07, 6.45) is -13.6. The van der Waals surface area contributed by atoms with Gasteiger partial charge >= 0.3 is 0 Å². The van der Waals surface area contributed by atoms with Gasteiger partial charge in [-0.15, -0.1) is 0 Å². The first kappa shape index (κ1) is 21.9. The van der Waals surface area contributed by atoms with Gasteiger partial charge in [-0.25, -0.2) is 0 Å². The van der Waals surface area contributed by atoms with Gasteiger partial charge in [0, 0.05) is 6.61 Å². The number of ether oxygens (including phenoxy) is 4. The minimum Gasteiger partial charge on any atom is -0.394 e. The summed E-state index contributed by atoms with van der Waals surface area (Å²) in [4.78, 5) is 0. The maximum Gasteiger partial charge on any atom is 0.187 e. The predicted octanol–water partition coefficient (Wildman–Crippen LogP) is -3.96. The van der Waals surface area contributed by atoms with Gasteiger partial charge in [-0.2, -0.15) is 0 Å². The van der Waals surface area contributed by atoms with E-state index >= 15 is 0 Å². The molecule has 10 atom stereocenters. The Kier molecular flexibility index (Phi) is 8.12. The lowest BCUT2D eigenvalue weighted by Crippen LogP contribution is -2.64. The normalized spacial score (nSPS) is 47.1. The molecule has 154 valence electrons. The Balaban J connectivity index is 2.09. The molecule has 0 spiro atoms. The van der Waals surface area contributed by atoms with Crippen LogP contribution < -0.4 is 0 Å². The van der Waals surface area contributed by atoms with Crippen molar-refractivity contribution in [1.82, 2.24) is 0 Å². The molecule has 11 nitrogen and oxygen atoms in total. The van der Waals surface area contributed by atoms with Crippen LogP contribution in [-0.4, -0.2) is 117 Å². The third kappa shape index (κ3) is 4.51. The Morgan fingerprint density at radius 3 is 1.88 bits per heavy atom. The first-order valence-electron chi connectivity index (χ1n) is 8.55. The van der Waals surface area contributed by atoms with E-state index in [0.29, 0.717) is 6.42 Å². The van der Waals surface area contributed by atoms with Crippen LogP contribution in [-0.2, 0) is 18.9 Å². The maximum absolute atomic E-state index is 10.3. The Morgan fingerprint density at radius 2 is 1.31 bits per heavy atom. The summed E-state index contributed by atoms with van der Waals surface area (Å²) in [6, 6.07) is 0. The molecule has 0 bridgehead atoms. The van der Waals surface area contributed by atoms with E-state index in [-0.39, 0.29) is 6.61 Å². The van der Waals surface area contributed by atoms with Crippen LogP contribution in [0.25, 0.3) is 0 Å². The van der Waals surface area contributed by atoms with E-state index in [0.717, 1.165) is 0 Å². The Labute approximate surface area is 150 Å². The van der Waals surface area contributed by atoms with Crippen LogP contribution >= 0.6 is 0 Å². The number of rotatable bonds is 7. The molecule has 2 heterocycles. The molecule has 0 aromatic heterocycles. The number of aliphatic hydroxyl groups is 7. The standard InChI is InChI=1S/C15H28O11/c1-2-3-23-14-12(22)10(20)13(7(5-17)25-14)26-15-11(21)9(19)8(18)6(4-16)24-15/h6-22H,2-5H2,1H3/t6-,7-,8-,9+,10-,11-,12-,13-,14?,15+/m1/s1. The molecule has 0 aromatic rings. The second kappa shape index (κ2) is 9.66. The lowest BCUT2D eigenvalue weighted by Gasteiger charge is -2.45. The molecule has 2 rings (SSSR count). The fourth-order valence-corrected chi connectivity index (χ4v) is 2.93. The molecule has 2 aliphatic rings. The smallest absolute Gasteiger partial charge is 0.187 e. The van der Waals surface area contributed by atoms with E-state index in [2.05, 4.69) is 0 Å². The first-order chi connectivity index (χ1) is 12.3. The van der Waals surface area contributed by atoms with E-state index in [1.54, 1.807) is 0 Å². The zero-order chi connectivity index (χ0) is 19.4. The molecule has 0 aliphatic carbocycles. The summed E-state index contributed by atoms with van der Waals surface area (Å²) >= 11 is 0. The van der Waals surface area contributed by atoms with Crippen molar-refractivity contribution in [1.29, 1.82) is 0 Å². The highest BCUT2D eigenvalue weighted by molar-refractivity contribution is 4.94. The zero-order valence-corrected chi connectivity index (χ0v) is 14.4. The molecular formula is C15H28O11. The summed E-state index contributed by atoms with van der Waals surface area (Å²) < 4.78 is 21.3. The molecule has 11 heteroatoms. The van der Waals surface area contributed by atoms with Gasteiger partial charge in [-0.1, -0.05) is 6.92 Å². The zero-order valence-electron chi connectivity index (χ0n) is 14.4. The highest BCUT2D eigenvalue weighted by Gasteiger charge is 2.50. The maximum atomic E-state index is 10.3. The Hall–Kier alpha value is -0.440. The third-order valence-corrected chi connectivity index (χ3v) is 4.45. The number of hydrogen-bond acceptors (Lipinski definition) is 11. The summed E-state index contributed by atoms with van der Waals surface area (Å²) in [5.74, 6) is 0. The molecule has 26 heavy (non-hydrogen) atoms. The van der Waals surface area contributed by atoms with Gasteiger partial charge in [0.05, 0.1) is 13.2 Å². The largest absolute Gasteiger partial charge is 0.394 e. The number of hydrogen-bond donors (Lipinski definition) is 7. The van der Waals surface area contributed by atoms with Gasteiger partial charge in [-0.05, 0) is 6.42 Å². The molecular weight excluding hydrogens is 356 g/mol. The summed E-state index contributed by atoms with van der Waals surface area (Å²) in [5.41, 5.74) is 0. The minimum absolute atomic E-state index is 0.269. The lowest BCUT2D eigenvalue weighted by atomic mass is 9.97. The quantitative estimate of drug-likeness (QED) is 0.228. The fraction of sp³-hybridized carbons (Fsp3) is 1.00. The molecule has 0 aromatic carbocycles. The van der Waals surface area contributed by atoms with Crippen molar-refractivity contribution in [2.75, 3.05) is 19.8 Å². The van der Waals surface area contributed by atoms with E-state index in [1.165, 1.54) is 0 Å². The van der Waals surface area contributed by atoms with Crippen molar-refractivity contribution in [2.45, 2.75) is 74.8 Å². The van der Waals surface area contributed by atoms with Crippen molar-refractivity contribution in [2.24, 2.45) is 0 Å². The molecule has 0 saturated carbocycles. The van der Waals surface area contributed by atoms with Gasteiger partial charge in [0.1, 0.15) is 48.8 Å². The van der Waals surface area contributed by atoms with Gasteiger partial charge in [-0.3, -0.25) is 0 Å². The van der Waals surface area contributed by atoms with Gasteiger partial charge in [0.25, 0.3) is 0 Å². The second-order valence-corrected chi connectivity index (χ2v) is 6.38. The van der Waals surface area contributed by atoms with Crippen LogP contribution in [0.2, 0.25) is 0 Å². The topological polar surface area (TPSA) is 179 Å². The van der Waals surface area contributed by atoms with Crippen molar-refractivity contribution in [3.05, 3.63) is 0 Å².